The van der Waals surface area contributed by atoms with Gasteiger partial charge in [0.1, 0.15) is 0 Å². The van der Waals surface area contributed by atoms with Gasteiger partial charge in [-0.2, -0.15) is 0 Å². The van der Waals surface area contributed by atoms with E-state index in [-0.39, 0.29) is 5.91 Å². The van der Waals surface area contributed by atoms with Crippen LogP contribution in [0.4, 0.5) is 0 Å². The lowest BCUT2D eigenvalue weighted by Crippen LogP contribution is -2.47. The van der Waals surface area contributed by atoms with E-state index in [1.165, 1.54) is 32.4 Å². The Kier molecular flexibility index (Phi) is 9.28. The molecule has 0 radical (unpaired) electrons. The summed E-state index contributed by atoms with van der Waals surface area (Å²) in [5.74, 6) is 1.48. The molecule has 2 rings (SSSR count). The van der Waals surface area contributed by atoms with Crippen molar-refractivity contribution in [1.82, 2.24) is 20.9 Å². The van der Waals surface area contributed by atoms with E-state index in [0.717, 1.165) is 31.0 Å². The number of guanidine groups is 1. The molecule has 0 saturated carbocycles. The number of carbonyl (C=O) groups is 1. The van der Waals surface area contributed by atoms with Gasteiger partial charge in [-0.15, -0.1) is 0 Å². The number of hydrogen-bond acceptors (Lipinski definition) is 3. The summed E-state index contributed by atoms with van der Waals surface area (Å²) in [7, 11) is 3.47. The zero-order chi connectivity index (χ0) is 20.4. The summed E-state index contributed by atoms with van der Waals surface area (Å²) >= 11 is 0. The molecule has 6 nitrogen and oxygen atoms in total. The summed E-state index contributed by atoms with van der Waals surface area (Å²) in [4.78, 5) is 18.8. The summed E-state index contributed by atoms with van der Waals surface area (Å²) in [5.41, 5.74) is 1.84. The normalized spacial score (nSPS) is 16.2. The van der Waals surface area contributed by atoms with Crippen LogP contribution in [0.25, 0.3) is 0 Å². The SMILES string of the molecule is CN=C(NCCc1cccc(C(=O)NC)c1)NCC(CC(C)C)N1CCCC1. The number of carbonyl (C=O) groups excluding carboxylic acids is 1. The fourth-order valence-electron chi connectivity index (χ4n) is 3.79. The van der Waals surface area contributed by atoms with E-state index < -0.39 is 0 Å². The van der Waals surface area contributed by atoms with Crippen LogP contribution in [-0.2, 0) is 6.42 Å². The van der Waals surface area contributed by atoms with Gasteiger partial charge in [0.2, 0.25) is 0 Å². The maximum Gasteiger partial charge on any atom is 0.251 e. The van der Waals surface area contributed by atoms with Crippen LogP contribution < -0.4 is 16.0 Å². The van der Waals surface area contributed by atoms with Crippen molar-refractivity contribution < 1.29 is 4.79 Å². The minimum Gasteiger partial charge on any atom is -0.356 e. The number of nitrogens with zero attached hydrogens (tertiary/aromatic N) is 2. The fraction of sp³-hybridized carbons (Fsp3) is 0.636. The largest absolute Gasteiger partial charge is 0.356 e. The Labute approximate surface area is 170 Å². The summed E-state index contributed by atoms with van der Waals surface area (Å²) in [6.45, 7) is 8.71. The number of hydrogen-bond donors (Lipinski definition) is 3. The van der Waals surface area contributed by atoms with Crippen molar-refractivity contribution in [3.8, 4) is 0 Å². The Morgan fingerprint density at radius 2 is 1.96 bits per heavy atom. The standard InChI is InChI=1S/C22H37N5O/c1-17(2)14-20(27-12-5-6-13-27)16-26-22(24-4)25-11-10-18-8-7-9-19(15-18)21(28)23-3/h7-9,15,17,20H,5-6,10-14,16H2,1-4H3,(H,23,28)(H2,24,25,26). The maximum atomic E-state index is 11.8. The molecule has 1 fully saturated rings. The molecule has 6 heteroatoms. The van der Waals surface area contributed by atoms with Crippen molar-refractivity contribution in [1.29, 1.82) is 0 Å². The molecular weight excluding hydrogens is 350 g/mol. The molecule has 0 aliphatic carbocycles. The monoisotopic (exact) mass is 387 g/mol. The van der Waals surface area contributed by atoms with Crippen LogP contribution in [0.3, 0.4) is 0 Å². The highest BCUT2D eigenvalue weighted by Crippen LogP contribution is 2.17. The molecule has 1 saturated heterocycles. The van der Waals surface area contributed by atoms with Crippen molar-refractivity contribution in [2.75, 3.05) is 40.3 Å². The van der Waals surface area contributed by atoms with Gasteiger partial charge in [0.15, 0.2) is 5.96 Å². The number of nitrogens with one attached hydrogen (secondary N) is 3. The van der Waals surface area contributed by atoms with Crippen LogP contribution in [0.2, 0.25) is 0 Å². The van der Waals surface area contributed by atoms with Gasteiger partial charge in [-0.3, -0.25) is 14.7 Å². The molecule has 1 unspecified atom stereocenters. The Morgan fingerprint density at radius 3 is 2.61 bits per heavy atom. The molecule has 1 atom stereocenters. The third kappa shape index (κ3) is 7.15. The quantitative estimate of drug-likeness (QED) is 0.449. The molecule has 0 spiro atoms. The van der Waals surface area contributed by atoms with Crippen molar-refractivity contribution in [3.05, 3.63) is 35.4 Å². The molecule has 1 aliphatic rings. The number of amides is 1. The lowest BCUT2D eigenvalue weighted by atomic mass is 10.0. The highest BCUT2D eigenvalue weighted by atomic mass is 16.1. The van der Waals surface area contributed by atoms with Crippen molar-refractivity contribution in [2.45, 2.75) is 45.6 Å². The molecule has 1 amide bonds. The van der Waals surface area contributed by atoms with Gasteiger partial charge in [0, 0.05) is 38.8 Å². The smallest absolute Gasteiger partial charge is 0.251 e. The molecule has 156 valence electrons. The van der Waals surface area contributed by atoms with E-state index in [1.807, 2.05) is 25.2 Å². The number of likely N-dealkylation sites (tertiary alicyclic amines) is 1. The van der Waals surface area contributed by atoms with Gasteiger partial charge in [-0.1, -0.05) is 26.0 Å². The molecule has 3 N–H and O–H groups in total. The van der Waals surface area contributed by atoms with Crippen LogP contribution in [0, 0.1) is 5.92 Å². The zero-order valence-corrected chi connectivity index (χ0v) is 17.9. The second-order valence-electron chi connectivity index (χ2n) is 7.94. The molecule has 0 bridgehead atoms. The summed E-state index contributed by atoms with van der Waals surface area (Å²) in [5, 5.41) is 9.58. The van der Waals surface area contributed by atoms with E-state index in [2.05, 4.69) is 45.8 Å². The number of rotatable bonds is 9. The molecule has 1 aromatic rings. The van der Waals surface area contributed by atoms with Crippen LogP contribution in [0.15, 0.2) is 29.3 Å². The minimum atomic E-state index is -0.0506. The van der Waals surface area contributed by atoms with Gasteiger partial charge in [0.05, 0.1) is 0 Å². The highest BCUT2D eigenvalue weighted by Gasteiger charge is 2.22. The van der Waals surface area contributed by atoms with Crippen molar-refractivity contribution in [3.63, 3.8) is 0 Å². The third-order valence-electron chi connectivity index (χ3n) is 5.25. The Bertz CT molecular complexity index is 638. The first-order valence-corrected chi connectivity index (χ1v) is 10.5. The fourth-order valence-corrected chi connectivity index (χ4v) is 3.79. The third-order valence-corrected chi connectivity index (χ3v) is 5.25. The zero-order valence-electron chi connectivity index (χ0n) is 17.9. The van der Waals surface area contributed by atoms with Gasteiger partial charge < -0.3 is 16.0 Å². The topological polar surface area (TPSA) is 68.8 Å². The Balaban J connectivity index is 1.81. The highest BCUT2D eigenvalue weighted by molar-refractivity contribution is 5.94. The molecule has 28 heavy (non-hydrogen) atoms. The molecular formula is C22H37N5O. The van der Waals surface area contributed by atoms with Crippen molar-refractivity contribution in [2.24, 2.45) is 10.9 Å². The Morgan fingerprint density at radius 1 is 1.21 bits per heavy atom. The minimum absolute atomic E-state index is 0.0506. The second-order valence-corrected chi connectivity index (χ2v) is 7.94. The van der Waals surface area contributed by atoms with E-state index in [1.54, 1.807) is 7.05 Å². The maximum absolute atomic E-state index is 11.8. The predicted molar refractivity (Wildman–Crippen MR) is 117 cm³/mol. The average Bonchev–Trinajstić information content (AvgIpc) is 3.23. The number of benzene rings is 1. The second kappa shape index (κ2) is 11.7. The lowest BCUT2D eigenvalue weighted by molar-refractivity contribution is 0.0963. The van der Waals surface area contributed by atoms with E-state index in [4.69, 9.17) is 0 Å². The summed E-state index contributed by atoms with van der Waals surface area (Å²) in [6.07, 6.45) is 4.68. The van der Waals surface area contributed by atoms with Gasteiger partial charge in [0.25, 0.3) is 5.91 Å². The average molecular weight is 388 g/mol. The van der Waals surface area contributed by atoms with E-state index in [0.29, 0.717) is 17.5 Å². The predicted octanol–water partition coefficient (Wildman–Crippen LogP) is 2.26. The van der Waals surface area contributed by atoms with Crippen LogP contribution in [-0.4, -0.2) is 63.1 Å². The number of aliphatic imine (C=N–C) groups is 1. The van der Waals surface area contributed by atoms with Gasteiger partial charge in [-0.05, 0) is 62.4 Å². The van der Waals surface area contributed by atoms with Crippen LogP contribution in [0.1, 0.15) is 49.0 Å². The van der Waals surface area contributed by atoms with E-state index >= 15 is 0 Å². The Hall–Kier alpha value is -2.08. The van der Waals surface area contributed by atoms with E-state index in [9.17, 15) is 4.79 Å². The molecule has 1 aliphatic heterocycles. The van der Waals surface area contributed by atoms with Gasteiger partial charge >= 0.3 is 0 Å². The molecule has 0 aromatic heterocycles. The first kappa shape index (κ1) is 22.2. The van der Waals surface area contributed by atoms with Gasteiger partial charge in [-0.25, -0.2) is 0 Å². The summed E-state index contributed by atoms with van der Waals surface area (Å²) < 4.78 is 0. The summed E-state index contributed by atoms with van der Waals surface area (Å²) in [6, 6.07) is 8.33. The molecule has 1 heterocycles. The lowest BCUT2D eigenvalue weighted by Gasteiger charge is -2.29. The first-order chi connectivity index (χ1) is 13.5. The first-order valence-electron chi connectivity index (χ1n) is 10.5. The molecule has 1 aromatic carbocycles. The van der Waals surface area contributed by atoms with Crippen molar-refractivity contribution >= 4 is 11.9 Å². The van der Waals surface area contributed by atoms with Crippen LogP contribution in [0.5, 0.6) is 0 Å². The van der Waals surface area contributed by atoms with Crippen LogP contribution >= 0.6 is 0 Å².